The van der Waals surface area contributed by atoms with E-state index >= 15 is 0 Å². The van der Waals surface area contributed by atoms with Gasteiger partial charge < -0.3 is 14.8 Å². The molecule has 31 heavy (non-hydrogen) atoms. The molecule has 0 bridgehead atoms. The van der Waals surface area contributed by atoms with Gasteiger partial charge in [-0.05, 0) is 30.3 Å². The fraction of sp³-hybridized carbons (Fsp3) is 0.217. The van der Waals surface area contributed by atoms with Gasteiger partial charge in [0.2, 0.25) is 0 Å². The van der Waals surface area contributed by atoms with E-state index in [1.165, 1.54) is 9.30 Å². The lowest BCUT2D eigenvalue weighted by Crippen LogP contribution is -3.12. The molecule has 1 fully saturated rings. The SMILES string of the molecule is C[NH+]1CCN(c2nc3ccccn3c(=O)c2/C=C(\C#N)c2nc3ccccc3[nH]2)CC1. The number of aromatic nitrogens is 4. The largest absolute Gasteiger partial charge is 0.345 e. The van der Waals surface area contributed by atoms with Crippen LogP contribution in [0.2, 0.25) is 0 Å². The number of aromatic amines is 1. The molecular weight excluding hydrogens is 390 g/mol. The second-order valence-electron chi connectivity index (χ2n) is 7.80. The summed E-state index contributed by atoms with van der Waals surface area (Å²) in [4.78, 5) is 29.5. The summed E-state index contributed by atoms with van der Waals surface area (Å²) in [6.45, 7) is 3.53. The van der Waals surface area contributed by atoms with Crippen LogP contribution in [0, 0.1) is 11.3 Å². The lowest BCUT2D eigenvalue weighted by molar-refractivity contribution is -0.880. The second-order valence-corrected chi connectivity index (χ2v) is 7.80. The van der Waals surface area contributed by atoms with E-state index in [4.69, 9.17) is 4.98 Å². The van der Waals surface area contributed by atoms with Crippen LogP contribution in [-0.4, -0.2) is 52.6 Å². The fourth-order valence-electron chi connectivity index (χ4n) is 3.94. The summed E-state index contributed by atoms with van der Waals surface area (Å²) in [5.74, 6) is 1.06. The summed E-state index contributed by atoms with van der Waals surface area (Å²) in [6.07, 6.45) is 3.32. The average molecular weight is 412 g/mol. The van der Waals surface area contributed by atoms with Crippen molar-refractivity contribution in [3.63, 3.8) is 0 Å². The maximum atomic E-state index is 13.4. The predicted octanol–water partition coefficient (Wildman–Crippen LogP) is 0.970. The van der Waals surface area contributed by atoms with Crippen LogP contribution >= 0.6 is 0 Å². The molecule has 8 nitrogen and oxygen atoms in total. The first-order valence-corrected chi connectivity index (χ1v) is 10.3. The van der Waals surface area contributed by atoms with E-state index in [1.807, 2.05) is 36.4 Å². The molecule has 1 saturated heterocycles. The van der Waals surface area contributed by atoms with Gasteiger partial charge in [0.1, 0.15) is 23.4 Å². The Bertz CT molecular complexity index is 1370. The summed E-state index contributed by atoms with van der Waals surface area (Å²) in [5, 5.41) is 9.88. The van der Waals surface area contributed by atoms with Gasteiger partial charge in [0, 0.05) is 6.20 Å². The second kappa shape index (κ2) is 7.70. The Hall–Kier alpha value is -3.96. The number of nitrogens with zero attached hydrogens (tertiary/aromatic N) is 5. The van der Waals surface area contributed by atoms with Crippen molar-refractivity contribution >= 4 is 34.1 Å². The molecule has 8 heteroatoms. The van der Waals surface area contributed by atoms with E-state index in [0.29, 0.717) is 28.4 Å². The van der Waals surface area contributed by atoms with E-state index in [0.717, 1.165) is 37.2 Å². The molecule has 1 aliphatic rings. The van der Waals surface area contributed by atoms with Gasteiger partial charge in [-0.1, -0.05) is 18.2 Å². The van der Waals surface area contributed by atoms with E-state index < -0.39 is 0 Å². The third-order valence-electron chi connectivity index (χ3n) is 5.72. The van der Waals surface area contributed by atoms with Crippen molar-refractivity contribution in [1.82, 2.24) is 19.4 Å². The number of hydrogen-bond acceptors (Lipinski definition) is 5. The van der Waals surface area contributed by atoms with E-state index in [2.05, 4.69) is 28.0 Å². The smallest absolute Gasteiger partial charge is 0.267 e. The minimum atomic E-state index is -0.198. The summed E-state index contributed by atoms with van der Waals surface area (Å²) in [7, 11) is 2.16. The van der Waals surface area contributed by atoms with Crippen molar-refractivity contribution in [2.75, 3.05) is 38.1 Å². The zero-order valence-electron chi connectivity index (χ0n) is 17.2. The Morgan fingerprint density at radius 3 is 2.71 bits per heavy atom. The minimum Gasteiger partial charge on any atom is -0.345 e. The molecule has 0 saturated carbocycles. The van der Waals surface area contributed by atoms with E-state index in [1.54, 1.807) is 18.3 Å². The maximum Gasteiger partial charge on any atom is 0.267 e. The first-order chi connectivity index (χ1) is 15.1. The monoisotopic (exact) mass is 412 g/mol. The first-order valence-electron chi connectivity index (χ1n) is 10.3. The third kappa shape index (κ3) is 3.45. The number of fused-ring (bicyclic) bond motifs is 2. The number of allylic oxidation sites excluding steroid dienone is 1. The maximum absolute atomic E-state index is 13.4. The highest BCUT2D eigenvalue weighted by Crippen LogP contribution is 2.23. The van der Waals surface area contributed by atoms with Gasteiger partial charge in [0.05, 0.1) is 55.4 Å². The number of H-pyrrole nitrogens is 1. The predicted molar refractivity (Wildman–Crippen MR) is 120 cm³/mol. The van der Waals surface area contributed by atoms with Crippen molar-refractivity contribution in [3.05, 3.63) is 70.4 Å². The molecule has 4 aromatic rings. The number of rotatable bonds is 3. The zero-order chi connectivity index (χ0) is 21.4. The van der Waals surface area contributed by atoms with E-state index in [9.17, 15) is 10.1 Å². The number of piperazine rings is 1. The third-order valence-corrected chi connectivity index (χ3v) is 5.72. The first kappa shape index (κ1) is 19.0. The highest BCUT2D eigenvalue weighted by atomic mass is 16.1. The molecule has 1 aromatic carbocycles. The molecule has 0 radical (unpaired) electrons. The van der Waals surface area contributed by atoms with Gasteiger partial charge in [-0.15, -0.1) is 0 Å². The molecular formula is C23H22N7O+. The summed E-state index contributed by atoms with van der Waals surface area (Å²) >= 11 is 0. The van der Waals surface area contributed by atoms with E-state index in [-0.39, 0.29) is 5.56 Å². The molecule has 5 rings (SSSR count). The molecule has 3 aromatic heterocycles. The Labute approximate surface area is 178 Å². The van der Waals surface area contributed by atoms with Crippen LogP contribution in [0.5, 0.6) is 0 Å². The lowest BCUT2D eigenvalue weighted by atomic mass is 10.1. The number of imidazole rings is 1. The van der Waals surface area contributed by atoms with Crippen LogP contribution in [0.15, 0.2) is 53.5 Å². The molecule has 154 valence electrons. The number of hydrogen-bond donors (Lipinski definition) is 2. The molecule has 0 unspecified atom stereocenters. The van der Waals surface area contributed by atoms with Gasteiger partial charge in [-0.3, -0.25) is 9.20 Å². The van der Waals surface area contributed by atoms with Crippen molar-refractivity contribution in [3.8, 4) is 6.07 Å². The van der Waals surface area contributed by atoms with Crippen LogP contribution < -0.4 is 15.4 Å². The number of anilines is 1. The highest BCUT2D eigenvalue weighted by Gasteiger charge is 2.23. The number of benzene rings is 1. The number of likely N-dealkylation sites (N-methyl/N-ethyl adjacent to an activating group) is 1. The highest BCUT2D eigenvalue weighted by molar-refractivity contribution is 5.92. The summed E-state index contributed by atoms with van der Waals surface area (Å²) < 4.78 is 1.52. The Morgan fingerprint density at radius 2 is 1.94 bits per heavy atom. The minimum absolute atomic E-state index is 0.198. The Balaban J connectivity index is 1.70. The van der Waals surface area contributed by atoms with Crippen molar-refractivity contribution in [2.45, 2.75) is 0 Å². The number of para-hydroxylation sites is 2. The number of pyridine rings is 1. The number of nitriles is 1. The van der Waals surface area contributed by atoms with Crippen LogP contribution in [0.25, 0.3) is 28.3 Å². The molecule has 4 heterocycles. The fourth-order valence-corrected chi connectivity index (χ4v) is 3.94. The van der Waals surface area contributed by atoms with Gasteiger partial charge >= 0.3 is 0 Å². The Morgan fingerprint density at radius 1 is 1.16 bits per heavy atom. The average Bonchev–Trinajstić information content (AvgIpc) is 3.23. The molecule has 1 aliphatic heterocycles. The van der Waals surface area contributed by atoms with Gasteiger partial charge in [0.25, 0.3) is 5.56 Å². The molecule has 2 N–H and O–H groups in total. The van der Waals surface area contributed by atoms with Crippen molar-refractivity contribution in [1.29, 1.82) is 5.26 Å². The van der Waals surface area contributed by atoms with Crippen LogP contribution in [0.4, 0.5) is 5.82 Å². The summed E-state index contributed by atoms with van der Waals surface area (Å²) in [6, 6.07) is 15.3. The topological polar surface area (TPSA) is 94.5 Å². The molecule has 0 spiro atoms. The van der Waals surface area contributed by atoms with Crippen LogP contribution in [0.1, 0.15) is 11.4 Å². The van der Waals surface area contributed by atoms with Gasteiger partial charge in [0.15, 0.2) is 0 Å². The van der Waals surface area contributed by atoms with Crippen molar-refractivity contribution in [2.24, 2.45) is 0 Å². The molecule has 0 aliphatic carbocycles. The zero-order valence-corrected chi connectivity index (χ0v) is 17.2. The molecule has 0 atom stereocenters. The normalized spacial score (nSPS) is 15.5. The Kier molecular flexibility index (Phi) is 4.73. The molecule has 0 amide bonds. The van der Waals surface area contributed by atoms with Crippen LogP contribution in [-0.2, 0) is 0 Å². The summed E-state index contributed by atoms with van der Waals surface area (Å²) in [5.41, 5.74) is 2.71. The van der Waals surface area contributed by atoms with Gasteiger partial charge in [-0.2, -0.15) is 5.26 Å². The number of quaternary nitrogens is 1. The van der Waals surface area contributed by atoms with Crippen LogP contribution in [0.3, 0.4) is 0 Å². The van der Waals surface area contributed by atoms with Gasteiger partial charge in [-0.25, -0.2) is 9.97 Å². The number of nitrogens with one attached hydrogen (secondary N) is 2. The quantitative estimate of drug-likeness (QED) is 0.489. The standard InChI is InChI=1S/C23H21N7O/c1-28-10-12-29(13-11-28)22-17(23(31)30-9-5-4-8-20(30)27-22)14-16(15-24)21-25-18-6-2-3-7-19(18)26-21/h2-9,14H,10-13H2,1H3,(H,25,26)/p+1/b16-14+. The van der Waals surface area contributed by atoms with Crippen molar-refractivity contribution < 1.29 is 4.90 Å². The lowest BCUT2D eigenvalue weighted by Gasteiger charge is -2.31.